The van der Waals surface area contributed by atoms with E-state index < -0.39 is 27.8 Å². The summed E-state index contributed by atoms with van der Waals surface area (Å²) in [5.74, 6) is 0.335. The molecule has 0 aliphatic rings. The Bertz CT molecular complexity index is 886. The molecule has 2 rings (SSSR count). The number of anilines is 1. The van der Waals surface area contributed by atoms with Gasteiger partial charge in [0.15, 0.2) is 0 Å². The predicted molar refractivity (Wildman–Crippen MR) is 105 cm³/mol. The first-order chi connectivity index (χ1) is 13.2. The van der Waals surface area contributed by atoms with Crippen LogP contribution >= 0.6 is 0 Å². The summed E-state index contributed by atoms with van der Waals surface area (Å²) >= 11 is 0. The van der Waals surface area contributed by atoms with Gasteiger partial charge in [-0.05, 0) is 55.5 Å². The Balaban J connectivity index is 1.94. The highest BCUT2D eigenvalue weighted by molar-refractivity contribution is 7.92. The third-order valence-corrected chi connectivity index (χ3v) is 5.14. The van der Waals surface area contributed by atoms with Gasteiger partial charge in [0.2, 0.25) is 15.9 Å². The molecule has 0 aliphatic carbocycles. The van der Waals surface area contributed by atoms with Crippen LogP contribution in [0.3, 0.4) is 0 Å². The topological polar surface area (TPSA) is 84.9 Å². The van der Waals surface area contributed by atoms with Crippen molar-refractivity contribution in [1.29, 1.82) is 0 Å². The number of carbonyl (C=O) groups excluding carboxylic acids is 1. The van der Waals surface area contributed by atoms with Gasteiger partial charge in [0.05, 0.1) is 25.6 Å². The van der Waals surface area contributed by atoms with Crippen LogP contribution < -0.4 is 19.1 Å². The third kappa shape index (κ3) is 5.85. The molecular weight excluding hydrogens is 387 g/mol. The Kier molecular flexibility index (Phi) is 7.22. The molecule has 0 heterocycles. The Hall–Kier alpha value is -2.81. The van der Waals surface area contributed by atoms with E-state index >= 15 is 0 Å². The molecular formula is C19H23FN2O5S. The van der Waals surface area contributed by atoms with E-state index in [0.717, 1.165) is 22.7 Å². The summed E-state index contributed by atoms with van der Waals surface area (Å²) in [6.07, 6.45) is 0.993. The summed E-state index contributed by atoms with van der Waals surface area (Å²) in [5.41, 5.74) is 0.209. The average molecular weight is 410 g/mol. The number of methoxy groups -OCH3 is 1. The van der Waals surface area contributed by atoms with Crippen molar-refractivity contribution in [2.45, 2.75) is 13.0 Å². The third-order valence-electron chi connectivity index (χ3n) is 3.90. The van der Waals surface area contributed by atoms with Gasteiger partial charge in [0, 0.05) is 0 Å². The SMILES string of the molecule is COc1ccc(OCCNC(=O)[C@H](C)N(c2ccc(F)cc2)S(C)(=O)=O)cc1. The molecule has 0 spiro atoms. The summed E-state index contributed by atoms with van der Waals surface area (Å²) in [5, 5.41) is 2.64. The molecule has 7 nitrogen and oxygen atoms in total. The van der Waals surface area contributed by atoms with Gasteiger partial charge in [-0.15, -0.1) is 0 Å². The van der Waals surface area contributed by atoms with Crippen LogP contribution in [-0.4, -0.2) is 46.9 Å². The zero-order valence-electron chi connectivity index (χ0n) is 15.9. The first-order valence-corrected chi connectivity index (χ1v) is 10.4. The Morgan fingerprint density at radius 3 is 2.21 bits per heavy atom. The number of hydrogen-bond acceptors (Lipinski definition) is 5. The van der Waals surface area contributed by atoms with Crippen molar-refractivity contribution in [2.24, 2.45) is 0 Å². The second-order valence-electron chi connectivity index (χ2n) is 6.03. The molecule has 1 atom stereocenters. The van der Waals surface area contributed by atoms with Crippen molar-refractivity contribution in [1.82, 2.24) is 5.32 Å². The van der Waals surface area contributed by atoms with E-state index in [1.165, 1.54) is 19.1 Å². The molecule has 2 aromatic carbocycles. The fourth-order valence-corrected chi connectivity index (χ4v) is 3.73. The van der Waals surface area contributed by atoms with E-state index in [4.69, 9.17) is 9.47 Å². The number of rotatable bonds is 9. The lowest BCUT2D eigenvalue weighted by Gasteiger charge is -2.28. The molecule has 2 aromatic rings. The van der Waals surface area contributed by atoms with Gasteiger partial charge in [-0.2, -0.15) is 0 Å². The molecule has 0 saturated heterocycles. The molecule has 0 saturated carbocycles. The molecule has 0 bridgehead atoms. The average Bonchev–Trinajstić information content (AvgIpc) is 2.66. The number of ether oxygens (including phenoxy) is 2. The molecule has 0 unspecified atom stereocenters. The summed E-state index contributed by atoms with van der Waals surface area (Å²) in [6, 6.07) is 10.9. The minimum absolute atomic E-state index is 0.191. The number of benzene rings is 2. The van der Waals surface area contributed by atoms with Gasteiger partial charge in [0.25, 0.3) is 0 Å². The molecule has 28 heavy (non-hydrogen) atoms. The van der Waals surface area contributed by atoms with Crippen LogP contribution in [0.25, 0.3) is 0 Å². The zero-order chi connectivity index (χ0) is 20.7. The molecule has 152 valence electrons. The number of carbonyl (C=O) groups is 1. The lowest BCUT2D eigenvalue weighted by molar-refractivity contribution is -0.121. The van der Waals surface area contributed by atoms with Gasteiger partial charge < -0.3 is 14.8 Å². The second-order valence-corrected chi connectivity index (χ2v) is 7.89. The van der Waals surface area contributed by atoms with E-state index in [9.17, 15) is 17.6 Å². The van der Waals surface area contributed by atoms with E-state index in [-0.39, 0.29) is 18.8 Å². The van der Waals surface area contributed by atoms with E-state index in [1.54, 1.807) is 31.4 Å². The standard InChI is InChI=1S/C19H23FN2O5S/c1-14(22(28(3,24)25)16-6-4-15(20)5-7-16)19(23)21-12-13-27-18-10-8-17(26-2)9-11-18/h4-11,14H,12-13H2,1-3H3,(H,21,23)/t14-/m0/s1. The van der Waals surface area contributed by atoms with Crippen LogP contribution in [0.5, 0.6) is 11.5 Å². The maximum atomic E-state index is 13.1. The Morgan fingerprint density at radius 2 is 1.68 bits per heavy atom. The molecule has 0 radical (unpaired) electrons. The maximum Gasteiger partial charge on any atom is 0.243 e. The summed E-state index contributed by atoms with van der Waals surface area (Å²) < 4.78 is 48.9. The monoisotopic (exact) mass is 410 g/mol. The van der Waals surface area contributed by atoms with Crippen molar-refractivity contribution in [3.8, 4) is 11.5 Å². The van der Waals surface area contributed by atoms with Gasteiger partial charge >= 0.3 is 0 Å². The van der Waals surface area contributed by atoms with Crippen LogP contribution in [0.1, 0.15) is 6.92 Å². The highest BCUT2D eigenvalue weighted by atomic mass is 32.2. The van der Waals surface area contributed by atoms with Crippen LogP contribution in [0.4, 0.5) is 10.1 Å². The van der Waals surface area contributed by atoms with Crippen molar-refractivity contribution >= 4 is 21.6 Å². The second kappa shape index (κ2) is 9.41. The van der Waals surface area contributed by atoms with E-state index in [2.05, 4.69) is 5.32 Å². The lowest BCUT2D eigenvalue weighted by atomic mass is 10.2. The highest BCUT2D eigenvalue weighted by Crippen LogP contribution is 2.21. The Labute approximate surface area is 164 Å². The van der Waals surface area contributed by atoms with Crippen LogP contribution in [0, 0.1) is 5.82 Å². The van der Waals surface area contributed by atoms with E-state index in [0.29, 0.717) is 11.5 Å². The summed E-state index contributed by atoms with van der Waals surface area (Å²) in [6.45, 7) is 1.86. The number of sulfonamides is 1. The van der Waals surface area contributed by atoms with Crippen molar-refractivity contribution < 1.29 is 27.1 Å². The molecule has 1 N–H and O–H groups in total. The molecule has 9 heteroatoms. The number of amides is 1. The Morgan fingerprint density at radius 1 is 1.11 bits per heavy atom. The molecule has 0 aromatic heterocycles. The molecule has 0 aliphatic heterocycles. The fraction of sp³-hybridized carbons (Fsp3) is 0.316. The van der Waals surface area contributed by atoms with Crippen molar-refractivity contribution in [3.63, 3.8) is 0 Å². The molecule has 1 amide bonds. The van der Waals surface area contributed by atoms with Crippen LogP contribution in [0.15, 0.2) is 48.5 Å². The van der Waals surface area contributed by atoms with Crippen LogP contribution in [-0.2, 0) is 14.8 Å². The minimum Gasteiger partial charge on any atom is -0.497 e. The first kappa shape index (κ1) is 21.5. The quantitative estimate of drug-likeness (QED) is 0.641. The largest absolute Gasteiger partial charge is 0.497 e. The summed E-state index contributed by atoms with van der Waals surface area (Å²) in [4.78, 5) is 12.4. The first-order valence-electron chi connectivity index (χ1n) is 8.52. The number of nitrogens with one attached hydrogen (secondary N) is 1. The van der Waals surface area contributed by atoms with Gasteiger partial charge in [-0.3, -0.25) is 9.10 Å². The number of hydrogen-bond donors (Lipinski definition) is 1. The number of halogens is 1. The minimum atomic E-state index is -3.75. The van der Waals surface area contributed by atoms with Gasteiger partial charge in [-0.1, -0.05) is 0 Å². The fourth-order valence-electron chi connectivity index (χ4n) is 2.56. The normalized spacial score (nSPS) is 12.1. The summed E-state index contributed by atoms with van der Waals surface area (Å²) in [7, 11) is -2.18. The maximum absolute atomic E-state index is 13.1. The zero-order valence-corrected chi connectivity index (χ0v) is 16.7. The van der Waals surface area contributed by atoms with Crippen molar-refractivity contribution in [2.75, 3.05) is 30.8 Å². The van der Waals surface area contributed by atoms with Gasteiger partial charge in [-0.25, -0.2) is 12.8 Å². The van der Waals surface area contributed by atoms with E-state index in [1.807, 2.05) is 0 Å². The van der Waals surface area contributed by atoms with Crippen LogP contribution in [0.2, 0.25) is 0 Å². The number of nitrogens with zero attached hydrogens (tertiary/aromatic N) is 1. The molecule has 0 fully saturated rings. The highest BCUT2D eigenvalue weighted by Gasteiger charge is 2.28. The predicted octanol–water partition coefficient (Wildman–Crippen LogP) is 2.18. The lowest BCUT2D eigenvalue weighted by Crippen LogP contribution is -2.48. The van der Waals surface area contributed by atoms with Gasteiger partial charge in [0.1, 0.15) is 30.0 Å². The van der Waals surface area contributed by atoms with Crippen molar-refractivity contribution in [3.05, 3.63) is 54.3 Å². The smallest absolute Gasteiger partial charge is 0.243 e.